The number of likely N-dealkylation sites (N-methyl/N-ethyl adjacent to an activating group) is 1. The predicted molar refractivity (Wildman–Crippen MR) is 78.8 cm³/mol. The first kappa shape index (κ1) is 12.8. The van der Waals surface area contributed by atoms with Crippen LogP contribution in [0.5, 0.6) is 0 Å². The van der Waals surface area contributed by atoms with Crippen LogP contribution in [0.3, 0.4) is 0 Å². The number of hydrogen-bond donors (Lipinski definition) is 1. The average molecular weight is 310 g/mol. The van der Waals surface area contributed by atoms with Crippen molar-refractivity contribution in [1.29, 1.82) is 0 Å². The highest BCUT2D eigenvalue weighted by molar-refractivity contribution is 9.10. The SMILES string of the molecule is CNCC(Cc1cccs1)c1ccc(Br)cc1. The summed E-state index contributed by atoms with van der Waals surface area (Å²) in [6.07, 6.45) is 1.11. The molecule has 0 radical (unpaired) electrons. The van der Waals surface area contributed by atoms with Gasteiger partial charge in [0.15, 0.2) is 0 Å². The lowest BCUT2D eigenvalue weighted by atomic mass is 9.95. The standard InChI is InChI=1S/C14H16BrNS/c1-16-10-12(9-14-3-2-8-17-14)11-4-6-13(15)7-5-11/h2-8,12,16H,9-10H2,1H3. The van der Waals surface area contributed by atoms with Crippen LogP contribution in [0.4, 0.5) is 0 Å². The number of nitrogens with one attached hydrogen (secondary N) is 1. The Morgan fingerprint density at radius 1 is 1.24 bits per heavy atom. The first-order valence-electron chi connectivity index (χ1n) is 5.72. The molecule has 1 N–H and O–H groups in total. The van der Waals surface area contributed by atoms with Gasteiger partial charge in [-0.2, -0.15) is 0 Å². The number of thiophene rings is 1. The molecule has 90 valence electrons. The van der Waals surface area contributed by atoms with Crippen LogP contribution in [0.15, 0.2) is 46.3 Å². The molecule has 0 aliphatic rings. The smallest absolute Gasteiger partial charge is 0.0175 e. The van der Waals surface area contributed by atoms with E-state index in [2.05, 4.69) is 63.0 Å². The zero-order valence-corrected chi connectivity index (χ0v) is 12.2. The second-order valence-corrected chi connectivity index (χ2v) is 6.04. The van der Waals surface area contributed by atoms with Gasteiger partial charge in [0, 0.05) is 21.8 Å². The molecule has 2 rings (SSSR count). The molecule has 17 heavy (non-hydrogen) atoms. The van der Waals surface area contributed by atoms with Crippen molar-refractivity contribution in [3.63, 3.8) is 0 Å². The molecule has 0 amide bonds. The van der Waals surface area contributed by atoms with E-state index in [1.807, 2.05) is 18.4 Å². The minimum absolute atomic E-state index is 0.548. The molecule has 0 saturated carbocycles. The van der Waals surface area contributed by atoms with Gasteiger partial charge in [0.05, 0.1) is 0 Å². The Labute approximate surface area is 115 Å². The van der Waals surface area contributed by atoms with Crippen LogP contribution in [-0.2, 0) is 6.42 Å². The van der Waals surface area contributed by atoms with E-state index >= 15 is 0 Å². The van der Waals surface area contributed by atoms with Crippen LogP contribution in [0.2, 0.25) is 0 Å². The van der Waals surface area contributed by atoms with E-state index in [9.17, 15) is 0 Å². The summed E-state index contributed by atoms with van der Waals surface area (Å²) in [4.78, 5) is 1.45. The molecule has 1 unspecified atom stereocenters. The molecule has 1 heterocycles. The summed E-state index contributed by atoms with van der Waals surface area (Å²) in [6.45, 7) is 1.01. The maximum atomic E-state index is 3.48. The lowest BCUT2D eigenvalue weighted by molar-refractivity contribution is 0.630. The zero-order chi connectivity index (χ0) is 12.1. The van der Waals surface area contributed by atoms with Gasteiger partial charge in [0.1, 0.15) is 0 Å². The van der Waals surface area contributed by atoms with Gasteiger partial charge in [-0.05, 0) is 42.6 Å². The van der Waals surface area contributed by atoms with Gasteiger partial charge in [0.25, 0.3) is 0 Å². The first-order valence-corrected chi connectivity index (χ1v) is 7.39. The monoisotopic (exact) mass is 309 g/mol. The van der Waals surface area contributed by atoms with E-state index in [0.717, 1.165) is 17.4 Å². The summed E-state index contributed by atoms with van der Waals surface area (Å²) in [5.41, 5.74) is 1.40. The predicted octanol–water partition coefficient (Wildman–Crippen LogP) is 4.06. The minimum atomic E-state index is 0.548. The number of halogens is 1. The second kappa shape index (κ2) is 6.34. The highest BCUT2D eigenvalue weighted by atomic mass is 79.9. The Kier molecular flexibility index (Phi) is 4.77. The fraction of sp³-hybridized carbons (Fsp3) is 0.286. The van der Waals surface area contributed by atoms with E-state index in [0.29, 0.717) is 5.92 Å². The molecule has 0 spiro atoms. The summed E-state index contributed by atoms with van der Waals surface area (Å²) in [7, 11) is 2.01. The Morgan fingerprint density at radius 3 is 2.59 bits per heavy atom. The van der Waals surface area contributed by atoms with Crippen molar-refractivity contribution >= 4 is 27.3 Å². The molecular formula is C14H16BrNS. The first-order chi connectivity index (χ1) is 8.29. The van der Waals surface area contributed by atoms with Crippen molar-refractivity contribution in [3.05, 3.63) is 56.7 Å². The Morgan fingerprint density at radius 2 is 2.00 bits per heavy atom. The maximum Gasteiger partial charge on any atom is 0.0175 e. The topological polar surface area (TPSA) is 12.0 Å². The third-order valence-corrected chi connectivity index (χ3v) is 4.25. The third kappa shape index (κ3) is 3.66. The highest BCUT2D eigenvalue weighted by Crippen LogP contribution is 2.24. The van der Waals surface area contributed by atoms with Crippen molar-refractivity contribution in [2.45, 2.75) is 12.3 Å². The number of hydrogen-bond acceptors (Lipinski definition) is 2. The van der Waals surface area contributed by atoms with Crippen LogP contribution in [0.25, 0.3) is 0 Å². The van der Waals surface area contributed by atoms with Gasteiger partial charge >= 0.3 is 0 Å². The van der Waals surface area contributed by atoms with Gasteiger partial charge in [-0.3, -0.25) is 0 Å². The van der Waals surface area contributed by atoms with Gasteiger partial charge in [-0.1, -0.05) is 34.1 Å². The summed E-state index contributed by atoms with van der Waals surface area (Å²) >= 11 is 5.32. The van der Waals surface area contributed by atoms with Crippen LogP contribution in [-0.4, -0.2) is 13.6 Å². The average Bonchev–Trinajstić information content (AvgIpc) is 2.82. The molecule has 0 saturated heterocycles. The Balaban J connectivity index is 2.13. The van der Waals surface area contributed by atoms with Crippen LogP contribution >= 0.6 is 27.3 Å². The van der Waals surface area contributed by atoms with Crippen molar-refractivity contribution in [2.75, 3.05) is 13.6 Å². The molecule has 1 nitrogen and oxygen atoms in total. The van der Waals surface area contributed by atoms with Crippen molar-refractivity contribution in [3.8, 4) is 0 Å². The van der Waals surface area contributed by atoms with Gasteiger partial charge < -0.3 is 5.32 Å². The summed E-state index contributed by atoms with van der Waals surface area (Å²) in [5.74, 6) is 0.548. The van der Waals surface area contributed by atoms with Gasteiger partial charge in [-0.25, -0.2) is 0 Å². The maximum absolute atomic E-state index is 3.48. The van der Waals surface area contributed by atoms with E-state index < -0.39 is 0 Å². The zero-order valence-electron chi connectivity index (χ0n) is 9.82. The second-order valence-electron chi connectivity index (χ2n) is 4.09. The fourth-order valence-corrected chi connectivity index (χ4v) is 3.01. The summed E-state index contributed by atoms with van der Waals surface area (Å²) in [6, 6.07) is 13.0. The molecule has 1 aromatic heterocycles. The molecular weight excluding hydrogens is 294 g/mol. The van der Waals surface area contributed by atoms with Crippen LogP contribution < -0.4 is 5.32 Å². The summed E-state index contributed by atoms with van der Waals surface area (Å²) < 4.78 is 1.14. The molecule has 0 aliphatic carbocycles. The Hall–Kier alpha value is -0.640. The van der Waals surface area contributed by atoms with Crippen molar-refractivity contribution < 1.29 is 0 Å². The van der Waals surface area contributed by atoms with Gasteiger partial charge in [-0.15, -0.1) is 11.3 Å². The van der Waals surface area contributed by atoms with Gasteiger partial charge in [0.2, 0.25) is 0 Å². The third-order valence-electron chi connectivity index (χ3n) is 2.82. The molecule has 2 aromatic rings. The highest BCUT2D eigenvalue weighted by Gasteiger charge is 2.12. The van der Waals surface area contributed by atoms with E-state index in [1.165, 1.54) is 10.4 Å². The number of benzene rings is 1. The molecule has 3 heteroatoms. The van der Waals surface area contributed by atoms with E-state index in [1.54, 1.807) is 0 Å². The molecule has 1 atom stereocenters. The molecule has 0 fully saturated rings. The number of rotatable bonds is 5. The molecule has 0 bridgehead atoms. The Bertz CT molecular complexity index is 436. The van der Waals surface area contributed by atoms with Crippen molar-refractivity contribution in [1.82, 2.24) is 5.32 Å². The van der Waals surface area contributed by atoms with Crippen molar-refractivity contribution in [2.24, 2.45) is 0 Å². The minimum Gasteiger partial charge on any atom is -0.319 e. The fourth-order valence-electron chi connectivity index (χ4n) is 1.96. The van der Waals surface area contributed by atoms with Crippen LogP contribution in [0.1, 0.15) is 16.4 Å². The lowest BCUT2D eigenvalue weighted by Gasteiger charge is -2.16. The molecule has 0 aliphatic heterocycles. The quantitative estimate of drug-likeness (QED) is 0.878. The normalized spacial score (nSPS) is 12.6. The summed E-state index contributed by atoms with van der Waals surface area (Å²) in [5, 5.41) is 5.43. The van der Waals surface area contributed by atoms with E-state index in [-0.39, 0.29) is 0 Å². The lowest BCUT2D eigenvalue weighted by Crippen LogP contribution is -2.18. The van der Waals surface area contributed by atoms with Crippen LogP contribution in [0, 0.1) is 0 Å². The largest absolute Gasteiger partial charge is 0.319 e. The van der Waals surface area contributed by atoms with E-state index in [4.69, 9.17) is 0 Å². The molecule has 1 aromatic carbocycles.